The molecule has 0 aromatic heterocycles. The zero-order chi connectivity index (χ0) is 20.5. The van der Waals surface area contributed by atoms with Crippen LogP contribution in [0.3, 0.4) is 0 Å². The molecule has 2 aliphatic heterocycles. The van der Waals surface area contributed by atoms with Crippen LogP contribution in [0.15, 0.2) is 72.8 Å². The van der Waals surface area contributed by atoms with E-state index in [1.165, 1.54) is 27.9 Å². The number of hydrogen-bond acceptors (Lipinski definition) is 3. The van der Waals surface area contributed by atoms with Gasteiger partial charge in [-0.2, -0.15) is 0 Å². The molecule has 0 bridgehead atoms. The first-order valence-corrected chi connectivity index (χ1v) is 10.7. The van der Waals surface area contributed by atoms with E-state index in [0.29, 0.717) is 11.6 Å². The molecule has 3 aromatic carbocycles. The molecule has 1 atom stereocenters. The van der Waals surface area contributed by atoms with Crippen LogP contribution in [0.5, 0.6) is 0 Å². The standard InChI is InChI=1S/C26H26N2O2.ClH/c29-26(30)21-11-13-25-20(16-21)10-12-23-18-27(14-15-28(23)25)17-22-8-4-5-9-24(22)19-6-2-1-3-7-19;/h1-9,11,13,16,23H,10,12,14-15,17-18H2,(H,29,30);1H/t23-;/m0./s1. The molecule has 160 valence electrons. The van der Waals surface area contributed by atoms with Crippen LogP contribution in [0.4, 0.5) is 5.69 Å². The van der Waals surface area contributed by atoms with Crippen molar-refractivity contribution in [3.8, 4) is 11.1 Å². The smallest absolute Gasteiger partial charge is 0.335 e. The van der Waals surface area contributed by atoms with E-state index >= 15 is 0 Å². The molecule has 4 nitrogen and oxygen atoms in total. The van der Waals surface area contributed by atoms with Crippen LogP contribution < -0.4 is 4.90 Å². The molecule has 3 aromatic rings. The Labute approximate surface area is 189 Å². The van der Waals surface area contributed by atoms with Gasteiger partial charge in [0, 0.05) is 37.9 Å². The Bertz CT molecular complexity index is 1070. The number of halogens is 1. The van der Waals surface area contributed by atoms with Crippen molar-refractivity contribution in [2.45, 2.75) is 25.4 Å². The minimum atomic E-state index is -0.846. The first-order chi connectivity index (χ1) is 14.7. The van der Waals surface area contributed by atoms with Gasteiger partial charge in [-0.25, -0.2) is 4.79 Å². The summed E-state index contributed by atoms with van der Waals surface area (Å²) in [5.74, 6) is -0.846. The average molecular weight is 435 g/mol. The Morgan fingerprint density at radius 2 is 1.74 bits per heavy atom. The van der Waals surface area contributed by atoms with Crippen LogP contribution >= 0.6 is 12.4 Å². The van der Waals surface area contributed by atoms with Gasteiger partial charge in [0.05, 0.1) is 5.56 Å². The number of aromatic carboxylic acids is 1. The molecule has 5 rings (SSSR count). The van der Waals surface area contributed by atoms with Gasteiger partial charge >= 0.3 is 5.97 Å². The fourth-order valence-corrected chi connectivity index (χ4v) is 4.95. The van der Waals surface area contributed by atoms with Gasteiger partial charge in [-0.15, -0.1) is 12.4 Å². The SMILES string of the molecule is Cl.O=C(O)c1ccc2c(c1)CC[C@H]1CN(Cc3ccccc3-c3ccccc3)CCN21. The number of aryl methyl sites for hydroxylation is 1. The molecule has 1 N–H and O–H groups in total. The Hall–Kier alpha value is -2.82. The molecule has 0 aliphatic carbocycles. The Balaban J connectivity index is 0.00000231. The summed E-state index contributed by atoms with van der Waals surface area (Å²) in [6.45, 7) is 4.00. The van der Waals surface area contributed by atoms with Crippen LogP contribution in [0.25, 0.3) is 11.1 Å². The van der Waals surface area contributed by atoms with Gasteiger partial charge < -0.3 is 10.0 Å². The third-order valence-corrected chi connectivity index (χ3v) is 6.45. The summed E-state index contributed by atoms with van der Waals surface area (Å²) in [7, 11) is 0. The van der Waals surface area contributed by atoms with E-state index < -0.39 is 5.97 Å². The van der Waals surface area contributed by atoms with E-state index in [1.807, 2.05) is 12.1 Å². The van der Waals surface area contributed by atoms with Crippen molar-refractivity contribution in [2.75, 3.05) is 24.5 Å². The van der Waals surface area contributed by atoms with Crippen molar-refractivity contribution in [3.05, 3.63) is 89.5 Å². The third kappa shape index (κ3) is 4.32. The van der Waals surface area contributed by atoms with E-state index in [9.17, 15) is 9.90 Å². The van der Waals surface area contributed by atoms with Crippen molar-refractivity contribution >= 4 is 24.1 Å². The number of benzene rings is 3. The molecule has 0 unspecified atom stereocenters. The van der Waals surface area contributed by atoms with Gasteiger partial charge in [0.25, 0.3) is 0 Å². The lowest BCUT2D eigenvalue weighted by molar-refractivity contribution is 0.0696. The average Bonchev–Trinajstić information content (AvgIpc) is 2.79. The number of fused-ring (bicyclic) bond motifs is 3. The monoisotopic (exact) mass is 434 g/mol. The first kappa shape index (κ1) is 21.4. The number of nitrogens with zero attached hydrogens (tertiary/aromatic N) is 2. The van der Waals surface area contributed by atoms with Crippen molar-refractivity contribution in [1.82, 2.24) is 4.90 Å². The lowest BCUT2D eigenvalue weighted by Crippen LogP contribution is -2.54. The highest BCUT2D eigenvalue weighted by Gasteiger charge is 2.32. The molecular weight excluding hydrogens is 408 g/mol. The van der Waals surface area contributed by atoms with E-state index in [4.69, 9.17) is 0 Å². The summed E-state index contributed by atoms with van der Waals surface area (Å²) in [4.78, 5) is 16.4. The molecule has 0 saturated carbocycles. The Morgan fingerprint density at radius 3 is 2.55 bits per heavy atom. The van der Waals surface area contributed by atoms with Crippen LogP contribution in [-0.2, 0) is 13.0 Å². The van der Waals surface area contributed by atoms with Gasteiger partial charge in [0.1, 0.15) is 0 Å². The normalized spacial score (nSPS) is 17.9. The van der Waals surface area contributed by atoms with Gasteiger partial charge in [-0.1, -0.05) is 54.6 Å². The largest absolute Gasteiger partial charge is 0.478 e. The fourth-order valence-electron chi connectivity index (χ4n) is 4.95. The summed E-state index contributed by atoms with van der Waals surface area (Å²) in [5, 5.41) is 9.28. The van der Waals surface area contributed by atoms with E-state index in [1.54, 1.807) is 6.07 Å². The fraction of sp³-hybridized carbons (Fsp3) is 0.269. The van der Waals surface area contributed by atoms with Gasteiger partial charge in [0.2, 0.25) is 0 Å². The number of carboxylic acid groups (broad SMARTS) is 1. The predicted octanol–water partition coefficient (Wildman–Crippen LogP) is 5.11. The molecule has 0 amide bonds. The summed E-state index contributed by atoms with van der Waals surface area (Å²) in [5.41, 5.74) is 6.75. The third-order valence-electron chi connectivity index (χ3n) is 6.45. The molecule has 0 radical (unpaired) electrons. The van der Waals surface area contributed by atoms with Crippen LogP contribution in [0.2, 0.25) is 0 Å². The van der Waals surface area contributed by atoms with Gasteiger partial charge in [-0.3, -0.25) is 4.90 Å². The van der Waals surface area contributed by atoms with Crippen molar-refractivity contribution in [3.63, 3.8) is 0 Å². The van der Waals surface area contributed by atoms with Gasteiger partial charge in [0.15, 0.2) is 0 Å². The molecule has 1 saturated heterocycles. The number of piperazine rings is 1. The van der Waals surface area contributed by atoms with Crippen molar-refractivity contribution in [2.24, 2.45) is 0 Å². The highest BCUT2D eigenvalue weighted by Crippen LogP contribution is 2.34. The molecule has 31 heavy (non-hydrogen) atoms. The molecule has 2 aliphatic rings. The highest BCUT2D eigenvalue weighted by molar-refractivity contribution is 5.88. The maximum Gasteiger partial charge on any atom is 0.335 e. The first-order valence-electron chi connectivity index (χ1n) is 10.7. The number of anilines is 1. The zero-order valence-electron chi connectivity index (χ0n) is 17.4. The molecule has 0 spiro atoms. The Kier molecular flexibility index (Phi) is 6.30. The van der Waals surface area contributed by atoms with E-state index in [0.717, 1.165) is 39.0 Å². The second kappa shape index (κ2) is 9.13. The van der Waals surface area contributed by atoms with E-state index in [2.05, 4.69) is 64.4 Å². The minimum absolute atomic E-state index is 0. The van der Waals surface area contributed by atoms with Crippen LogP contribution in [-0.4, -0.2) is 41.7 Å². The van der Waals surface area contributed by atoms with Crippen LogP contribution in [0, 0.1) is 0 Å². The minimum Gasteiger partial charge on any atom is -0.478 e. The zero-order valence-corrected chi connectivity index (χ0v) is 18.2. The highest BCUT2D eigenvalue weighted by atomic mass is 35.5. The second-order valence-electron chi connectivity index (χ2n) is 8.29. The van der Waals surface area contributed by atoms with Gasteiger partial charge in [-0.05, 0) is 53.3 Å². The van der Waals surface area contributed by atoms with Crippen molar-refractivity contribution < 1.29 is 9.90 Å². The van der Waals surface area contributed by atoms with Crippen molar-refractivity contribution in [1.29, 1.82) is 0 Å². The maximum absolute atomic E-state index is 11.3. The predicted molar refractivity (Wildman–Crippen MR) is 127 cm³/mol. The lowest BCUT2D eigenvalue weighted by atomic mass is 9.92. The molecular formula is C26H27ClN2O2. The summed E-state index contributed by atoms with van der Waals surface area (Å²) in [6.07, 6.45) is 2.03. The number of hydrogen-bond donors (Lipinski definition) is 1. The molecule has 1 fully saturated rings. The summed E-state index contributed by atoms with van der Waals surface area (Å²) >= 11 is 0. The molecule has 2 heterocycles. The number of rotatable bonds is 4. The number of carbonyl (C=O) groups is 1. The molecule has 5 heteroatoms. The lowest BCUT2D eigenvalue weighted by Gasteiger charge is -2.46. The Morgan fingerprint density at radius 1 is 0.968 bits per heavy atom. The van der Waals surface area contributed by atoms with E-state index in [-0.39, 0.29) is 12.4 Å². The quantitative estimate of drug-likeness (QED) is 0.619. The maximum atomic E-state index is 11.3. The summed E-state index contributed by atoms with van der Waals surface area (Å²) in [6, 6.07) is 25.4. The summed E-state index contributed by atoms with van der Waals surface area (Å²) < 4.78 is 0. The second-order valence-corrected chi connectivity index (χ2v) is 8.29. The van der Waals surface area contributed by atoms with Crippen LogP contribution in [0.1, 0.15) is 27.9 Å². The topological polar surface area (TPSA) is 43.8 Å². The number of carboxylic acids is 1.